The largest absolute Gasteiger partial charge is 0.396 e. The number of aliphatic hydroxyl groups is 1. The number of nitrogens with zero attached hydrogens (tertiary/aromatic N) is 2. The minimum absolute atomic E-state index is 0.184. The fraction of sp³-hybridized carbons (Fsp3) is 0.286. The van der Waals surface area contributed by atoms with Gasteiger partial charge in [-0.05, 0) is 42.2 Å². The molecule has 130 valence electrons. The number of hydrogen-bond donors (Lipinski definition) is 2. The average Bonchev–Trinajstić information content (AvgIpc) is 3.07. The molecule has 2 aromatic carbocycles. The Morgan fingerprint density at radius 3 is 2.40 bits per heavy atom. The minimum Gasteiger partial charge on any atom is -0.396 e. The molecule has 25 heavy (non-hydrogen) atoms. The fourth-order valence-corrected chi connectivity index (χ4v) is 2.87. The molecule has 4 nitrogen and oxygen atoms in total. The number of nitrogens with one attached hydrogen (secondary N) is 1. The molecule has 4 heteroatoms. The van der Waals surface area contributed by atoms with E-state index in [1.807, 2.05) is 22.9 Å². The van der Waals surface area contributed by atoms with Crippen LogP contribution in [0.15, 0.2) is 60.8 Å². The summed E-state index contributed by atoms with van der Waals surface area (Å²) in [6, 6.07) is 18.4. The molecule has 0 aliphatic rings. The third-order valence-corrected chi connectivity index (χ3v) is 4.23. The molecule has 0 radical (unpaired) electrons. The second-order valence-electron chi connectivity index (χ2n) is 6.50. The molecule has 0 aliphatic carbocycles. The van der Waals surface area contributed by atoms with Crippen LogP contribution < -0.4 is 5.32 Å². The van der Waals surface area contributed by atoms with Crippen LogP contribution in [0.25, 0.3) is 5.69 Å². The standard InChI is InChI=1S/C21H25N3O/c1-16(2)21-18(15-24(23-21)20-6-4-3-5-7-20)14-22-19-10-8-17(9-11-19)12-13-25/h3-11,15-16,22,25H,12-14H2,1-2H3. The lowest BCUT2D eigenvalue weighted by atomic mass is 10.1. The molecule has 1 heterocycles. The summed E-state index contributed by atoms with van der Waals surface area (Å²) >= 11 is 0. The van der Waals surface area contributed by atoms with Crippen molar-refractivity contribution in [2.75, 3.05) is 11.9 Å². The van der Waals surface area contributed by atoms with Gasteiger partial charge in [0.1, 0.15) is 0 Å². The first-order chi connectivity index (χ1) is 12.2. The van der Waals surface area contributed by atoms with Crippen molar-refractivity contribution in [2.45, 2.75) is 32.7 Å². The normalized spacial score (nSPS) is 11.0. The van der Waals surface area contributed by atoms with Crippen LogP contribution in [0.1, 0.15) is 36.6 Å². The van der Waals surface area contributed by atoms with Crippen molar-refractivity contribution in [1.29, 1.82) is 0 Å². The van der Waals surface area contributed by atoms with E-state index in [0.717, 1.165) is 29.2 Å². The maximum atomic E-state index is 8.99. The van der Waals surface area contributed by atoms with Gasteiger partial charge in [-0.15, -0.1) is 0 Å². The Morgan fingerprint density at radius 2 is 1.76 bits per heavy atom. The molecule has 0 saturated carbocycles. The first-order valence-corrected chi connectivity index (χ1v) is 8.75. The topological polar surface area (TPSA) is 50.1 Å². The molecule has 0 saturated heterocycles. The van der Waals surface area contributed by atoms with Gasteiger partial charge in [0.2, 0.25) is 0 Å². The van der Waals surface area contributed by atoms with Gasteiger partial charge in [-0.3, -0.25) is 0 Å². The van der Waals surface area contributed by atoms with Gasteiger partial charge >= 0.3 is 0 Å². The molecule has 3 aromatic rings. The lowest BCUT2D eigenvalue weighted by Gasteiger charge is -2.09. The maximum absolute atomic E-state index is 8.99. The molecule has 1 aromatic heterocycles. The highest BCUT2D eigenvalue weighted by atomic mass is 16.2. The van der Waals surface area contributed by atoms with E-state index in [1.165, 1.54) is 5.56 Å². The number of para-hydroxylation sites is 1. The highest BCUT2D eigenvalue weighted by Crippen LogP contribution is 2.21. The van der Waals surface area contributed by atoms with E-state index in [-0.39, 0.29) is 6.61 Å². The predicted octanol–water partition coefficient (Wildman–Crippen LogP) is 4.14. The van der Waals surface area contributed by atoms with Crippen molar-refractivity contribution in [2.24, 2.45) is 0 Å². The van der Waals surface area contributed by atoms with Crippen LogP contribution in [0.5, 0.6) is 0 Å². The number of aromatic nitrogens is 2. The van der Waals surface area contributed by atoms with Crippen LogP contribution in [0, 0.1) is 0 Å². The van der Waals surface area contributed by atoms with Crippen LogP contribution in [0.3, 0.4) is 0 Å². The van der Waals surface area contributed by atoms with Crippen molar-refractivity contribution in [3.05, 3.63) is 77.6 Å². The van der Waals surface area contributed by atoms with Crippen LogP contribution in [-0.4, -0.2) is 21.5 Å². The first-order valence-electron chi connectivity index (χ1n) is 8.75. The van der Waals surface area contributed by atoms with Gasteiger partial charge in [-0.1, -0.05) is 44.2 Å². The van der Waals surface area contributed by atoms with Crippen LogP contribution in [-0.2, 0) is 13.0 Å². The van der Waals surface area contributed by atoms with Gasteiger partial charge in [0, 0.05) is 30.6 Å². The van der Waals surface area contributed by atoms with Crippen molar-refractivity contribution in [3.63, 3.8) is 0 Å². The molecule has 0 unspecified atom stereocenters. The zero-order chi connectivity index (χ0) is 17.6. The average molecular weight is 335 g/mol. The molecule has 0 aliphatic heterocycles. The molecule has 0 atom stereocenters. The Labute approximate surface area is 149 Å². The van der Waals surface area contributed by atoms with Crippen molar-refractivity contribution in [1.82, 2.24) is 9.78 Å². The third-order valence-electron chi connectivity index (χ3n) is 4.23. The predicted molar refractivity (Wildman–Crippen MR) is 102 cm³/mol. The first kappa shape index (κ1) is 17.2. The Morgan fingerprint density at radius 1 is 1.04 bits per heavy atom. The van der Waals surface area contributed by atoms with Crippen LogP contribution in [0.2, 0.25) is 0 Å². The van der Waals surface area contributed by atoms with Crippen LogP contribution >= 0.6 is 0 Å². The van der Waals surface area contributed by atoms with Crippen molar-refractivity contribution in [3.8, 4) is 5.69 Å². The monoisotopic (exact) mass is 335 g/mol. The fourth-order valence-electron chi connectivity index (χ4n) is 2.87. The molecule has 0 amide bonds. The number of aliphatic hydroxyl groups excluding tert-OH is 1. The Hall–Kier alpha value is -2.59. The van der Waals surface area contributed by atoms with Crippen molar-refractivity contribution < 1.29 is 5.11 Å². The van der Waals surface area contributed by atoms with Gasteiger partial charge < -0.3 is 10.4 Å². The molecule has 0 fully saturated rings. The third kappa shape index (κ3) is 4.28. The SMILES string of the molecule is CC(C)c1nn(-c2ccccc2)cc1CNc1ccc(CCO)cc1. The van der Waals surface area contributed by atoms with E-state index in [2.05, 4.69) is 61.8 Å². The van der Waals surface area contributed by atoms with Gasteiger partial charge in [0.05, 0.1) is 11.4 Å². The highest BCUT2D eigenvalue weighted by Gasteiger charge is 2.13. The number of rotatable bonds is 7. The van der Waals surface area contributed by atoms with Crippen LogP contribution in [0.4, 0.5) is 5.69 Å². The summed E-state index contributed by atoms with van der Waals surface area (Å²) in [5.41, 5.74) is 5.62. The number of hydrogen-bond acceptors (Lipinski definition) is 3. The van der Waals surface area contributed by atoms with E-state index in [0.29, 0.717) is 12.3 Å². The van der Waals surface area contributed by atoms with Gasteiger partial charge in [-0.2, -0.15) is 5.10 Å². The quantitative estimate of drug-likeness (QED) is 0.682. The second kappa shape index (κ2) is 7.99. The van der Waals surface area contributed by atoms with Crippen molar-refractivity contribution >= 4 is 5.69 Å². The summed E-state index contributed by atoms with van der Waals surface area (Å²) in [7, 11) is 0. The minimum atomic E-state index is 0.184. The maximum Gasteiger partial charge on any atom is 0.0704 e. The van der Waals surface area contributed by atoms with E-state index in [1.54, 1.807) is 0 Å². The van der Waals surface area contributed by atoms with Gasteiger partial charge in [0.25, 0.3) is 0 Å². The lowest BCUT2D eigenvalue weighted by Crippen LogP contribution is -2.02. The van der Waals surface area contributed by atoms with E-state index < -0.39 is 0 Å². The summed E-state index contributed by atoms with van der Waals surface area (Å²) in [5, 5.41) is 17.2. The number of anilines is 1. The Bertz CT molecular complexity index is 792. The molecule has 3 rings (SSSR count). The van der Waals surface area contributed by atoms with Gasteiger partial charge in [0.15, 0.2) is 0 Å². The lowest BCUT2D eigenvalue weighted by molar-refractivity contribution is 0.299. The summed E-state index contributed by atoms with van der Waals surface area (Å²) in [5.74, 6) is 0.369. The van der Waals surface area contributed by atoms with Gasteiger partial charge in [-0.25, -0.2) is 4.68 Å². The molecular weight excluding hydrogens is 310 g/mol. The van der Waals surface area contributed by atoms with E-state index in [4.69, 9.17) is 10.2 Å². The second-order valence-corrected chi connectivity index (χ2v) is 6.50. The molecule has 2 N–H and O–H groups in total. The number of benzene rings is 2. The summed E-state index contributed by atoms with van der Waals surface area (Å²) in [6.45, 7) is 5.26. The van der Waals surface area contributed by atoms with E-state index in [9.17, 15) is 0 Å². The Balaban J connectivity index is 1.76. The zero-order valence-electron chi connectivity index (χ0n) is 14.8. The Kier molecular flexibility index (Phi) is 5.51. The highest BCUT2D eigenvalue weighted by molar-refractivity contribution is 5.46. The molecular formula is C21H25N3O. The summed E-state index contributed by atoms with van der Waals surface area (Å²) in [4.78, 5) is 0. The van der Waals surface area contributed by atoms with E-state index >= 15 is 0 Å². The molecule has 0 spiro atoms. The summed E-state index contributed by atoms with van der Waals surface area (Å²) < 4.78 is 1.96. The zero-order valence-corrected chi connectivity index (χ0v) is 14.8. The summed E-state index contributed by atoms with van der Waals surface area (Å²) in [6.07, 6.45) is 2.80. The molecule has 0 bridgehead atoms. The smallest absolute Gasteiger partial charge is 0.0704 e.